The van der Waals surface area contributed by atoms with Crippen LogP contribution in [-0.2, 0) is 25.5 Å². The first-order chi connectivity index (χ1) is 21.7. The molecule has 3 unspecified atom stereocenters. The lowest BCUT2D eigenvalue weighted by Crippen LogP contribution is -2.59. The summed E-state index contributed by atoms with van der Waals surface area (Å²) in [6.07, 6.45) is 1.96. The fraction of sp³-hybridized carbons (Fsp3) is 0.529. The molecular weight excluding hydrogens is 631 g/mol. The Morgan fingerprint density at radius 3 is 2.61 bits per heavy atom. The molecule has 4 rings (SSSR count). The zero-order valence-corrected chi connectivity index (χ0v) is 28.9. The number of carboxylic acid groups (broad SMARTS) is 1. The van der Waals surface area contributed by atoms with E-state index in [0.29, 0.717) is 30.1 Å². The van der Waals surface area contributed by atoms with Gasteiger partial charge in [-0.1, -0.05) is 58.4 Å². The average molecular weight is 675 g/mol. The Balaban J connectivity index is 1.71. The number of benzene rings is 1. The van der Waals surface area contributed by atoms with E-state index in [1.807, 2.05) is 25.3 Å². The van der Waals surface area contributed by atoms with Gasteiger partial charge in [0.25, 0.3) is 0 Å². The molecule has 3 heterocycles. The van der Waals surface area contributed by atoms with Gasteiger partial charge in [0.05, 0.1) is 22.1 Å². The fourth-order valence-electron chi connectivity index (χ4n) is 6.28. The Labute approximate surface area is 279 Å². The van der Waals surface area contributed by atoms with Crippen LogP contribution in [0.2, 0.25) is 5.02 Å². The third kappa shape index (κ3) is 8.35. The van der Waals surface area contributed by atoms with Crippen molar-refractivity contribution in [3.8, 4) is 0 Å². The van der Waals surface area contributed by atoms with Gasteiger partial charge >= 0.3 is 11.9 Å². The molecular formula is C34H44ClFN4O5S. The van der Waals surface area contributed by atoms with Gasteiger partial charge in [0.2, 0.25) is 5.91 Å². The van der Waals surface area contributed by atoms with Crippen LogP contribution in [0.5, 0.6) is 0 Å². The summed E-state index contributed by atoms with van der Waals surface area (Å²) >= 11 is 7.94. The number of carbonyl (C=O) groups is 3. The topological polar surface area (TPSA) is 112 Å². The molecule has 9 nitrogen and oxygen atoms in total. The SMILES string of the molecule is CCOC(=O)C1=C(CN2CCN(C(=O)CC(C)CC(C)(C)C)CC2C(=O)O)NC(c2sccc2CC)=NC1c1cccc(F)c1Cl. The number of esters is 1. The van der Waals surface area contributed by atoms with Gasteiger partial charge in [-0.15, -0.1) is 11.3 Å². The maximum atomic E-state index is 14.7. The number of rotatable bonds is 11. The van der Waals surface area contributed by atoms with Crippen LogP contribution in [-0.4, -0.2) is 77.4 Å². The molecule has 0 aliphatic carbocycles. The van der Waals surface area contributed by atoms with Crippen LogP contribution in [0.25, 0.3) is 0 Å². The summed E-state index contributed by atoms with van der Waals surface area (Å²) in [6.45, 7) is 12.9. The lowest BCUT2D eigenvalue weighted by Gasteiger charge is -2.41. The van der Waals surface area contributed by atoms with Crippen LogP contribution in [0.4, 0.5) is 4.39 Å². The second kappa shape index (κ2) is 15.1. The largest absolute Gasteiger partial charge is 0.480 e. The number of aryl methyl sites for hydroxylation is 1. The standard InChI is InChI=1S/C34H44ClFN4O5S/c1-7-21-12-15-46-30(21)31-37-24(27(33(44)45-8-2)29(38-31)22-10-9-11-23(36)28(22)35)18-39-13-14-40(19-25(39)32(42)43)26(41)16-20(3)17-34(4,5)6/h9-12,15,20,25,29H,7-8,13-14,16-19H2,1-6H3,(H,37,38)(H,42,43). The molecule has 0 spiro atoms. The van der Waals surface area contributed by atoms with E-state index in [4.69, 9.17) is 21.3 Å². The molecule has 46 heavy (non-hydrogen) atoms. The first-order valence-corrected chi connectivity index (χ1v) is 17.0. The highest BCUT2D eigenvalue weighted by Crippen LogP contribution is 2.38. The van der Waals surface area contributed by atoms with Crippen molar-refractivity contribution in [2.24, 2.45) is 16.3 Å². The molecule has 1 aromatic heterocycles. The van der Waals surface area contributed by atoms with Gasteiger partial charge in [-0.3, -0.25) is 19.5 Å². The number of piperazine rings is 1. The van der Waals surface area contributed by atoms with Crippen LogP contribution >= 0.6 is 22.9 Å². The van der Waals surface area contributed by atoms with E-state index in [0.717, 1.165) is 23.3 Å². The Morgan fingerprint density at radius 1 is 1.22 bits per heavy atom. The van der Waals surface area contributed by atoms with Crippen LogP contribution in [0, 0.1) is 17.2 Å². The number of amidine groups is 1. The first-order valence-electron chi connectivity index (χ1n) is 15.7. The number of aliphatic imine (C=N–C) groups is 1. The number of nitrogens with zero attached hydrogens (tertiary/aromatic N) is 3. The molecule has 2 aromatic rings. The number of carboxylic acids is 1. The molecule has 0 radical (unpaired) electrons. The molecule has 3 atom stereocenters. The highest BCUT2D eigenvalue weighted by molar-refractivity contribution is 7.12. The Hall–Kier alpha value is -3.28. The minimum absolute atomic E-state index is 0.0173. The Kier molecular flexibility index (Phi) is 11.7. The summed E-state index contributed by atoms with van der Waals surface area (Å²) in [7, 11) is 0. The highest BCUT2D eigenvalue weighted by Gasteiger charge is 2.39. The number of halogens is 2. The van der Waals surface area contributed by atoms with Gasteiger partial charge < -0.3 is 20.1 Å². The van der Waals surface area contributed by atoms with Gasteiger partial charge in [-0.05, 0) is 54.2 Å². The smallest absolute Gasteiger partial charge is 0.338 e. The van der Waals surface area contributed by atoms with E-state index in [2.05, 4.69) is 26.1 Å². The van der Waals surface area contributed by atoms with E-state index in [-0.39, 0.29) is 54.1 Å². The summed E-state index contributed by atoms with van der Waals surface area (Å²) in [5, 5.41) is 15.4. The van der Waals surface area contributed by atoms with Crippen molar-refractivity contribution < 1.29 is 28.6 Å². The zero-order valence-electron chi connectivity index (χ0n) is 27.4. The molecule has 1 fully saturated rings. The normalized spacial score (nSPS) is 19.8. The van der Waals surface area contributed by atoms with Gasteiger partial charge in [0, 0.05) is 43.9 Å². The molecule has 2 aliphatic heterocycles. The number of ether oxygens (including phenoxy) is 1. The van der Waals surface area contributed by atoms with E-state index in [1.54, 1.807) is 22.8 Å². The van der Waals surface area contributed by atoms with E-state index >= 15 is 0 Å². The molecule has 0 saturated carbocycles. The summed E-state index contributed by atoms with van der Waals surface area (Å²) in [5.74, 6) is -1.80. The van der Waals surface area contributed by atoms with Crippen molar-refractivity contribution in [2.75, 3.05) is 32.8 Å². The molecule has 1 amide bonds. The zero-order chi connectivity index (χ0) is 33.8. The maximum Gasteiger partial charge on any atom is 0.338 e. The van der Waals surface area contributed by atoms with Gasteiger partial charge in [-0.25, -0.2) is 9.18 Å². The van der Waals surface area contributed by atoms with Crippen LogP contribution < -0.4 is 5.32 Å². The molecule has 1 aromatic carbocycles. The quantitative estimate of drug-likeness (QED) is 0.278. The second-order valence-electron chi connectivity index (χ2n) is 13.1. The number of hydrogen-bond donors (Lipinski definition) is 2. The fourth-order valence-corrected chi connectivity index (χ4v) is 7.46. The summed E-state index contributed by atoms with van der Waals surface area (Å²) in [5.41, 5.74) is 1.94. The Morgan fingerprint density at radius 2 is 1.96 bits per heavy atom. The summed E-state index contributed by atoms with van der Waals surface area (Å²) < 4.78 is 20.2. The minimum Gasteiger partial charge on any atom is -0.480 e. The van der Waals surface area contributed by atoms with E-state index in [9.17, 15) is 23.9 Å². The predicted molar refractivity (Wildman–Crippen MR) is 179 cm³/mol. The molecule has 2 N–H and O–H groups in total. The summed E-state index contributed by atoms with van der Waals surface area (Å²) in [4.78, 5) is 48.6. The predicted octanol–water partition coefficient (Wildman–Crippen LogP) is 6.07. The minimum atomic E-state index is -1.07. The van der Waals surface area contributed by atoms with Gasteiger partial charge in [-0.2, -0.15) is 0 Å². The second-order valence-corrected chi connectivity index (χ2v) is 14.4. The van der Waals surface area contributed by atoms with Gasteiger partial charge in [0.1, 0.15) is 23.7 Å². The number of amides is 1. The first kappa shape index (κ1) is 35.6. The van der Waals surface area contributed by atoms with Crippen molar-refractivity contribution in [2.45, 2.75) is 72.9 Å². The lowest BCUT2D eigenvalue weighted by atomic mass is 9.84. The van der Waals surface area contributed by atoms with Crippen molar-refractivity contribution in [3.63, 3.8) is 0 Å². The van der Waals surface area contributed by atoms with Crippen molar-refractivity contribution in [1.82, 2.24) is 15.1 Å². The number of carbonyl (C=O) groups excluding carboxylic acids is 2. The number of thiophene rings is 1. The summed E-state index contributed by atoms with van der Waals surface area (Å²) in [6, 6.07) is 4.35. The van der Waals surface area contributed by atoms with Crippen molar-refractivity contribution >= 4 is 46.6 Å². The van der Waals surface area contributed by atoms with Crippen molar-refractivity contribution in [1.29, 1.82) is 0 Å². The van der Waals surface area contributed by atoms with E-state index in [1.165, 1.54) is 23.5 Å². The maximum absolute atomic E-state index is 14.7. The lowest BCUT2D eigenvalue weighted by molar-refractivity contribution is -0.148. The number of nitrogens with one attached hydrogen (secondary N) is 1. The van der Waals surface area contributed by atoms with Crippen LogP contribution in [0.15, 0.2) is 45.9 Å². The van der Waals surface area contributed by atoms with Crippen LogP contribution in [0.3, 0.4) is 0 Å². The molecule has 0 bridgehead atoms. The molecule has 12 heteroatoms. The molecule has 250 valence electrons. The number of hydrogen-bond acceptors (Lipinski definition) is 8. The highest BCUT2D eigenvalue weighted by atomic mass is 35.5. The van der Waals surface area contributed by atoms with Crippen molar-refractivity contribution in [3.05, 3.63) is 67.8 Å². The Bertz CT molecular complexity index is 1520. The van der Waals surface area contributed by atoms with E-state index < -0.39 is 29.8 Å². The third-order valence-corrected chi connectivity index (χ3v) is 9.58. The number of aliphatic carboxylic acids is 1. The third-order valence-electron chi connectivity index (χ3n) is 8.21. The average Bonchev–Trinajstić information content (AvgIpc) is 3.46. The molecule has 1 saturated heterocycles. The monoisotopic (exact) mass is 674 g/mol. The van der Waals surface area contributed by atoms with Crippen LogP contribution in [0.1, 0.15) is 76.4 Å². The molecule has 2 aliphatic rings. The van der Waals surface area contributed by atoms with Gasteiger partial charge in [0.15, 0.2) is 0 Å².